The summed E-state index contributed by atoms with van der Waals surface area (Å²) in [4.78, 5) is 27.5. The van der Waals surface area contributed by atoms with Gasteiger partial charge in [0.05, 0.1) is 12.0 Å². The van der Waals surface area contributed by atoms with Crippen LogP contribution in [0.4, 0.5) is 13.2 Å². The van der Waals surface area contributed by atoms with Gasteiger partial charge in [-0.15, -0.1) is 0 Å². The Balaban J connectivity index is 2.62. The molecular formula is C9H8F3N3O3. The Morgan fingerprint density at radius 1 is 1.28 bits per heavy atom. The molecule has 0 bridgehead atoms. The van der Waals surface area contributed by atoms with Crippen LogP contribution in [-0.4, -0.2) is 33.5 Å². The smallest absolute Gasteiger partial charge is 0.451 e. The van der Waals surface area contributed by atoms with Crippen molar-refractivity contribution in [3.63, 3.8) is 0 Å². The summed E-state index contributed by atoms with van der Waals surface area (Å²) < 4.78 is 36.4. The van der Waals surface area contributed by atoms with Gasteiger partial charge in [-0.3, -0.25) is 9.59 Å². The Morgan fingerprint density at radius 2 is 1.83 bits per heavy atom. The van der Waals surface area contributed by atoms with Crippen LogP contribution in [0.1, 0.15) is 22.6 Å². The minimum Gasteiger partial charge on any atom is -0.481 e. The highest BCUT2D eigenvalue weighted by atomic mass is 19.4. The molecule has 0 aromatic carbocycles. The first-order valence-electron chi connectivity index (χ1n) is 4.70. The third-order valence-corrected chi connectivity index (χ3v) is 1.79. The number of carboxylic acids is 1. The third-order valence-electron chi connectivity index (χ3n) is 1.79. The maximum atomic E-state index is 12.1. The summed E-state index contributed by atoms with van der Waals surface area (Å²) in [5.41, 5.74) is -0.173. The molecule has 0 aliphatic rings. The summed E-state index contributed by atoms with van der Waals surface area (Å²) in [5.74, 6) is -3.17. The number of aromatic nitrogens is 2. The first-order valence-corrected chi connectivity index (χ1v) is 4.70. The van der Waals surface area contributed by atoms with Gasteiger partial charge in [0.2, 0.25) is 5.82 Å². The van der Waals surface area contributed by atoms with E-state index in [-0.39, 0.29) is 18.5 Å². The molecule has 0 unspecified atom stereocenters. The van der Waals surface area contributed by atoms with E-state index in [1.165, 1.54) is 0 Å². The van der Waals surface area contributed by atoms with Crippen molar-refractivity contribution in [2.75, 3.05) is 6.54 Å². The van der Waals surface area contributed by atoms with Crippen molar-refractivity contribution in [3.8, 4) is 0 Å². The van der Waals surface area contributed by atoms with Crippen LogP contribution in [0.25, 0.3) is 0 Å². The SMILES string of the molecule is O=C(O)CCNC(=O)c1cnc(C(F)(F)F)nc1. The van der Waals surface area contributed by atoms with Gasteiger partial charge in [-0.2, -0.15) is 13.2 Å². The molecule has 9 heteroatoms. The number of nitrogens with zero attached hydrogens (tertiary/aromatic N) is 2. The molecule has 0 saturated heterocycles. The Bertz CT molecular complexity index is 445. The maximum absolute atomic E-state index is 12.1. The van der Waals surface area contributed by atoms with E-state index < -0.39 is 23.9 Å². The van der Waals surface area contributed by atoms with Crippen LogP contribution in [0.2, 0.25) is 0 Å². The fraction of sp³-hybridized carbons (Fsp3) is 0.333. The molecule has 1 aromatic heterocycles. The van der Waals surface area contributed by atoms with Crippen molar-refractivity contribution in [2.24, 2.45) is 0 Å². The number of hydrogen-bond donors (Lipinski definition) is 2. The molecule has 0 aliphatic heterocycles. The zero-order valence-electron chi connectivity index (χ0n) is 8.86. The highest BCUT2D eigenvalue weighted by Gasteiger charge is 2.34. The quantitative estimate of drug-likeness (QED) is 0.834. The van der Waals surface area contributed by atoms with Gasteiger partial charge in [0, 0.05) is 18.9 Å². The molecule has 1 amide bonds. The summed E-state index contributed by atoms with van der Waals surface area (Å²) >= 11 is 0. The number of carbonyl (C=O) groups is 2. The van der Waals surface area contributed by atoms with E-state index in [9.17, 15) is 22.8 Å². The number of amides is 1. The Morgan fingerprint density at radius 3 is 2.28 bits per heavy atom. The van der Waals surface area contributed by atoms with E-state index in [2.05, 4.69) is 15.3 Å². The Kier molecular flexibility index (Phi) is 4.18. The van der Waals surface area contributed by atoms with Crippen molar-refractivity contribution >= 4 is 11.9 Å². The Hall–Kier alpha value is -2.19. The molecule has 2 N–H and O–H groups in total. The molecule has 0 radical (unpaired) electrons. The van der Waals surface area contributed by atoms with Crippen molar-refractivity contribution < 1.29 is 27.9 Å². The van der Waals surface area contributed by atoms with Crippen LogP contribution in [0.3, 0.4) is 0 Å². The highest BCUT2D eigenvalue weighted by molar-refractivity contribution is 5.93. The monoisotopic (exact) mass is 263 g/mol. The second-order valence-electron chi connectivity index (χ2n) is 3.19. The van der Waals surface area contributed by atoms with Gasteiger partial charge >= 0.3 is 12.1 Å². The predicted octanol–water partition coefficient (Wildman–Crippen LogP) is 0.700. The average Bonchev–Trinajstić information content (AvgIpc) is 2.27. The van der Waals surface area contributed by atoms with Crippen LogP contribution in [0.15, 0.2) is 12.4 Å². The molecule has 1 rings (SSSR count). The fourth-order valence-electron chi connectivity index (χ4n) is 0.977. The van der Waals surface area contributed by atoms with Crippen LogP contribution >= 0.6 is 0 Å². The summed E-state index contributed by atoms with van der Waals surface area (Å²) in [5, 5.41) is 10.5. The summed E-state index contributed by atoms with van der Waals surface area (Å²) in [6, 6.07) is 0. The number of alkyl halides is 3. The van der Waals surface area contributed by atoms with Crippen molar-refractivity contribution in [1.29, 1.82) is 0 Å². The zero-order chi connectivity index (χ0) is 13.8. The molecule has 0 spiro atoms. The van der Waals surface area contributed by atoms with Gasteiger partial charge in [0.15, 0.2) is 0 Å². The van der Waals surface area contributed by atoms with Crippen LogP contribution in [0, 0.1) is 0 Å². The van der Waals surface area contributed by atoms with E-state index in [0.29, 0.717) is 0 Å². The van der Waals surface area contributed by atoms with Gasteiger partial charge in [-0.25, -0.2) is 9.97 Å². The fourth-order valence-corrected chi connectivity index (χ4v) is 0.977. The highest BCUT2D eigenvalue weighted by Crippen LogP contribution is 2.25. The van der Waals surface area contributed by atoms with E-state index in [4.69, 9.17) is 5.11 Å². The molecule has 0 saturated carbocycles. The minimum atomic E-state index is -4.67. The summed E-state index contributed by atoms with van der Waals surface area (Å²) in [6.45, 7) is -0.130. The minimum absolute atomic E-state index is 0.130. The second-order valence-corrected chi connectivity index (χ2v) is 3.19. The summed E-state index contributed by atoms with van der Waals surface area (Å²) in [7, 11) is 0. The normalized spacial score (nSPS) is 11.1. The zero-order valence-corrected chi connectivity index (χ0v) is 8.86. The van der Waals surface area contributed by atoms with Crippen molar-refractivity contribution in [3.05, 3.63) is 23.8 Å². The molecule has 0 aliphatic carbocycles. The van der Waals surface area contributed by atoms with Gasteiger partial charge < -0.3 is 10.4 Å². The largest absolute Gasteiger partial charge is 0.481 e. The van der Waals surface area contributed by atoms with E-state index in [1.807, 2.05) is 0 Å². The first-order chi connectivity index (χ1) is 8.30. The molecule has 1 aromatic rings. The molecule has 6 nitrogen and oxygen atoms in total. The number of hydrogen-bond acceptors (Lipinski definition) is 4. The number of halogens is 3. The van der Waals surface area contributed by atoms with Crippen LogP contribution in [0.5, 0.6) is 0 Å². The first kappa shape index (κ1) is 13.9. The van der Waals surface area contributed by atoms with Crippen LogP contribution < -0.4 is 5.32 Å². The molecule has 0 fully saturated rings. The Labute approximate surface area is 98.9 Å². The standard InChI is InChI=1S/C9H8F3N3O3/c10-9(11,12)8-14-3-5(4-15-8)7(18)13-2-1-6(16)17/h3-4H,1-2H2,(H,13,18)(H,16,17). The lowest BCUT2D eigenvalue weighted by molar-refractivity contribution is -0.145. The summed E-state index contributed by atoms with van der Waals surface area (Å²) in [6.07, 6.45) is -3.50. The lowest BCUT2D eigenvalue weighted by atomic mass is 10.3. The molecule has 0 atom stereocenters. The topological polar surface area (TPSA) is 92.2 Å². The maximum Gasteiger partial charge on any atom is 0.451 e. The number of rotatable bonds is 4. The number of aliphatic carboxylic acids is 1. The molecule has 1 heterocycles. The average molecular weight is 263 g/mol. The predicted molar refractivity (Wildman–Crippen MR) is 51.6 cm³/mol. The number of nitrogens with one attached hydrogen (secondary N) is 1. The lowest BCUT2D eigenvalue weighted by Crippen LogP contribution is -2.26. The lowest BCUT2D eigenvalue weighted by Gasteiger charge is -2.05. The van der Waals surface area contributed by atoms with Gasteiger partial charge in [-0.05, 0) is 0 Å². The molecular weight excluding hydrogens is 255 g/mol. The van der Waals surface area contributed by atoms with E-state index in [0.717, 1.165) is 12.4 Å². The van der Waals surface area contributed by atoms with E-state index in [1.54, 1.807) is 0 Å². The van der Waals surface area contributed by atoms with E-state index >= 15 is 0 Å². The second kappa shape index (κ2) is 5.43. The van der Waals surface area contributed by atoms with Crippen molar-refractivity contribution in [1.82, 2.24) is 15.3 Å². The number of carbonyl (C=O) groups excluding carboxylic acids is 1. The van der Waals surface area contributed by atoms with Gasteiger partial charge in [0.1, 0.15) is 0 Å². The van der Waals surface area contributed by atoms with Gasteiger partial charge in [-0.1, -0.05) is 0 Å². The van der Waals surface area contributed by atoms with Crippen molar-refractivity contribution in [2.45, 2.75) is 12.6 Å². The molecule has 18 heavy (non-hydrogen) atoms. The number of carboxylic acid groups (broad SMARTS) is 1. The third kappa shape index (κ3) is 4.00. The molecule has 98 valence electrons. The van der Waals surface area contributed by atoms with Gasteiger partial charge in [0.25, 0.3) is 5.91 Å². The van der Waals surface area contributed by atoms with Crippen LogP contribution in [-0.2, 0) is 11.0 Å².